The van der Waals surface area contributed by atoms with Crippen LogP contribution in [0.4, 0.5) is 4.39 Å². The number of aromatic nitrogens is 2. The van der Waals surface area contributed by atoms with Crippen LogP contribution in [-0.4, -0.2) is 40.8 Å². The van der Waals surface area contributed by atoms with Crippen molar-refractivity contribution in [1.29, 1.82) is 0 Å². The zero-order chi connectivity index (χ0) is 15.7. The Labute approximate surface area is 130 Å². The van der Waals surface area contributed by atoms with Crippen LogP contribution in [0.3, 0.4) is 0 Å². The predicted molar refractivity (Wildman–Crippen MR) is 75.0 cm³/mol. The number of nitrogens with zero attached hydrogens (tertiary/aromatic N) is 3. The van der Waals surface area contributed by atoms with Gasteiger partial charge in [0.2, 0.25) is 11.8 Å². The second-order valence-corrected chi connectivity index (χ2v) is 5.26. The van der Waals surface area contributed by atoms with Gasteiger partial charge in [0.1, 0.15) is 6.04 Å². The third-order valence-corrected chi connectivity index (χ3v) is 3.69. The molecule has 3 rings (SSSR count). The minimum atomic E-state index is -0.735. The van der Waals surface area contributed by atoms with Gasteiger partial charge < -0.3 is 14.1 Å². The van der Waals surface area contributed by atoms with Crippen molar-refractivity contribution in [3.8, 4) is 0 Å². The average Bonchev–Trinajstić information content (AvgIpc) is 2.96. The van der Waals surface area contributed by atoms with E-state index in [1.165, 1.54) is 23.1 Å². The van der Waals surface area contributed by atoms with Crippen LogP contribution in [0.15, 0.2) is 22.6 Å². The number of morpholine rings is 1. The summed E-state index contributed by atoms with van der Waals surface area (Å²) in [5.41, 5.74) is -0.0874. The number of hydrogen-bond donors (Lipinski definition) is 0. The summed E-state index contributed by atoms with van der Waals surface area (Å²) in [5.74, 6) is -0.555. The molecule has 2 heterocycles. The molecule has 1 fully saturated rings. The maximum Gasteiger partial charge on any atom is 0.257 e. The Morgan fingerprint density at radius 1 is 1.45 bits per heavy atom. The van der Waals surface area contributed by atoms with E-state index in [4.69, 9.17) is 20.8 Å². The number of carbonyl (C=O) groups excluding carboxylic acids is 1. The van der Waals surface area contributed by atoms with Crippen molar-refractivity contribution in [2.75, 3.05) is 19.8 Å². The summed E-state index contributed by atoms with van der Waals surface area (Å²) < 4.78 is 24.8. The van der Waals surface area contributed by atoms with Gasteiger partial charge in [-0.05, 0) is 12.1 Å². The average molecular weight is 326 g/mol. The third-order valence-electron chi connectivity index (χ3n) is 3.40. The molecule has 1 aromatic carbocycles. The van der Waals surface area contributed by atoms with Gasteiger partial charge in [-0.15, -0.1) is 10.2 Å². The maximum absolute atomic E-state index is 14.1. The van der Waals surface area contributed by atoms with Crippen molar-refractivity contribution in [2.45, 2.75) is 13.0 Å². The minimum Gasteiger partial charge on any atom is -0.423 e. The third kappa shape index (κ3) is 2.69. The first kappa shape index (κ1) is 14.9. The Morgan fingerprint density at radius 2 is 2.27 bits per heavy atom. The minimum absolute atomic E-state index is 0.0874. The summed E-state index contributed by atoms with van der Waals surface area (Å²) in [7, 11) is 0. The fraction of sp³-hybridized carbons (Fsp3) is 0.357. The summed E-state index contributed by atoms with van der Waals surface area (Å²) in [4.78, 5) is 14.1. The van der Waals surface area contributed by atoms with Crippen LogP contribution in [0.2, 0.25) is 5.02 Å². The lowest BCUT2D eigenvalue weighted by Gasteiger charge is -2.33. The molecular formula is C14H13ClFN3O3. The number of rotatable bonds is 2. The van der Waals surface area contributed by atoms with Crippen LogP contribution < -0.4 is 0 Å². The van der Waals surface area contributed by atoms with E-state index in [0.717, 1.165) is 0 Å². The first-order valence-corrected chi connectivity index (χ1v) is 7.08. The van der Waals surface area contributed by atoms with Crippen molar-refractivity contribution < 1.29 is 18.3 Å². The molecule has 2 aromatic rings. The van der Waals surface area contributed by atoms with Crippen molar-refractivity contribution >= 4 is 17.5 Å². The lowest BCUT2D eigenvalue weighted by atomic mass is 10.1. The molecule has 1 unspecified atom stereocenters. The van der Waals surface area contributed by atoms with Gasteiger partial charge in [0, 0.05) is 13.5 Å². The van der Waals surface area contributed by atoms with Crippen molar-refractivity contribution in [3.05, 3.63) is 46.4 Å². The van der Waals surface area contributed by atoms with Gasteiger partial charge in [-0.1, -0.05) is 17.7 Å². The second kappa shape index (κ2) is 6.02. The highest BCUT2D eigenvalue weighted by Gasteiger charge is 2.34. The molecule has 0 saturated carbocycles. The quantitative estimate of drug-likeness (QED) is 0.848. The summed E-state index contributed by atoms with van der Waals surface area (Å²) in [6.45, 7) is 2.53. The van der Waals surface area contributed by atoms with Gasteiger partial charge in [0.15, 0.2) is 5.82 Å². The first-order valence-electron chi connectivity index (χ1n) is 6.70. The van der Waals surface area contributed by atoms with Gasteiger partial charge in [0.25, 0.3) is 5.91 Å². The smallest absolute Gasteiger partial charge is 0.257 e. The Hall–Kier alpha value is -1.99. The highest BCUT2D eigenvalue weighted by atomic mass is 35.5. The van der Waals surface area contributed by atoms with Crippen molar-refractivity contribution in [1.82, 2.24) is 15.1 Å². The Balaban J connectivity index is 1.93. The summed E-state index contributed by atoms with van der Waals surface area (Å²) in [6.07, 6.45) is 0. The number of aryl methyl sites for hydroxylation is 1. The molecule has 0 N–H and O–H groups in total. The predicted octanol–water partition coefficient (Wildman–Crippen LogP) is 2.38. The second-order valence-electron chi connectivity index (χ2n) is 4.85. The molecule has 1 amide bonds. The normalized spacial score (nSPS) is 18.5. The van der Waals surface area contributed by atoms with Crippen LogP contribution >= 0.6 is 11.6 Å². The number of amides is 1. The lowest BCUT2D eigenvalue weighted by molar-refractivity contribution is -0.0108. The fourth-order valence-electron chi connectivity index (χ4n) is 2.32. The monoisotopic (exact) mass is 325 g/mol. The number of hydrogen-bond acceptors (Lipinski definition) is 5. The van der Waals surface area contributed by atoms with E-state index in [0.29, 0.717) is 19.0 Å². The number of benzene rings is 1. The van der Waals surface area contributed by atoms with E-state index in [9.17, 15) is 9.18 Å². The molecule has 6 nitrogen and oxygen atoms in total. The zero-order valence-corrected chi connectivity index (χ0v) is 12.5. The summed E-state index contributed by atoms with van der Waals surface area (Å²) in [5, 5.41) is 7.59. The standard InChI is InChI=1S/C14H13ClFN3O3/c1-8-17-18-13(22-8)11-7-21-6-5-19(11)14(20)9-3-2-4-10(15)12(9)16/h2-4,11H,5-7H2,1H3. The lowest BCUT2D eigenvalue weighted by Crippen LogP contribution is -2.43. The van der Waals surface area contributed by atoms with Crippen LogP contribution in [0.1, 0.15) is 28.2 Å². The molecule has 1 aliphatic rings. The molecule has 1 saturated heterocycles. The molecule has 0 aliphatic carbocycles. The molecular weight excluding hydrogens is 313 g/mol. The summed E-state index contributed by atoms with van der Waals surface area (Å²) in [6, 6.07) is 3.78. The molecule has 0 bridgehead atoms. The molecule has 22 heavy (non-hydrogen) atoms. The van der Waals surface area contributed by atoms with Gasteiger partial charge in [-0.2, -0.15) is 0 Å². The zero-order valence-electron chi connectivity index (χ0n) is 11.8. The van der Waals surface area contributed by atoms with E-state index in [1.807, 2.05) is 0 Å². The Bertz CT molecular complexity index is 706. The molecule has 0 radical (unpaired) electrons. The highest BCUT2D eigenvalue weighted by Crippen LogP contribution is 2.27. The van der Waals surface area contributed by atoms with Crippen LogP contribution in [0.5, 0.6) is 0 Å². The van der Waals surface area contributed by atoms with Crippen LogP contribution in [0, 0.1) is 12.7 Å². The van der Waals surface area contributed by atoms with Gasteiger partial charge >= 0.3 is 0 Å². The largest absolute Gasteiger partial charge is 0.423 e. The number of ether oxygens (including phenoxy) is 1. The Kier molecular flexibility index (Phi) is 4.08. The molecule has 8 heteroatoms. The maximum atomic E-state index is 14.1. The van der Waals surface area contributed by atoms with Crippen molar-refractivity contribution in [3.63, 3.8) is 0 Å². The summed E-state index contributed by atoms with van der Waals surface area (Å²) >= 11 is 5.74. The highest BCUT2D eigenvalue weighted by molar-refractivity contribution is 6.31. The molecule has 1 aliphatic heterocycles. The SMILES string of the molecule is Cc1nnc(C2COCCN2C(=O)c2cccc(Cl)c2F)o1. The molecule has 116 valence electrons. The van der Waals surface area contributed by atoms with E-state index < -0.39 is 17.8 Å². The van der Waals surface area contributed by atoms with Crippen molar-refractivity contribution in [2.24, 2.45) is 0 Å². The molecule has 0 spiro atoms. The van der Waals surface area contributed by atoms with Gasteiger partial charge in [-0.3, -0.25) is 4.79 Å². The van der Waals surface area contributed by atoms with Gasteiger partial charge in [-0.25, -0.2) is 4.39 Å². The molecule has 1 atom stereocenters. The first-order chi connectivity index (χ1) is 10.6. The molecule has 1 aromatic heterocycles. The Morgan fingerprint density at radius 3 is 3.00 bits per heavy atom. The van der Waals surface area contributed by atoms with Crippen LogP contribution in [-0.2, 0) is 4.74 Å². The van der Waals surface area contributed by atoms with Crippen LogP contribution in [0.25, 0.3) is 0 Å². The van der Waals surface area contributed by atoms with E-state index in [-0.39, 0.29) is 23.1 Å². The van der Waals surface area contributed by atoms with E-state index >= 15 is 0 Å². The number of halogens is 2. The van der Waals surface area contributed by atoms with E-state index in [2.05, 4.69) is 10.2 Å². The number of carbonyl (C=O) groups is 1. The van der Waals surface area contributed by atoms with Gasteiger partial charge in [0.05, 0.1) is 23.8 Å². The fourth-order valence-corrected chi connectivity index (χ4v) is 2.50. The topological polar surface area (TPSA) is 68.5 Å². The van der Waals surface area contributed by atoms with E-state index in [1.54, 1.807) is 6.92 Å².